The van der Waals surface area contributed by atoms with E-state index >= 15 is 0 Å². The van der Waals surface area contributed by atoms with Crippen molar-refractivity contribution in [3.8, 4) is 0 Å². The zero-order valence-electron chi connectivity index (χ0n) is 12.1. The highest BCUT2D eigenvalue weighted by Crippen LogP contribution is 2.70. The molecule has 0 aromatic carbocycles. The van der Waals surface area contributed by atoms with Crippen LogP contribution in [0.4, 0.5) is 0 Å². The fraction of sp³-hybridized carbons (Fsp3) is 0.667. The molecular formula is C15H19NO5. The van der Waals surface area contributed by atoms with Crippen molar-refractivity contribution in [2.24, 2.45) is 28.9 Å². The summed E-state index contributed by atoms with van der Waals surface area (Å²) in [5.74, 6) is -3.01. The molecule has 2 aliphatic heterocycles. The number of esters is 1. The number of aliphatic hydroxyl groups is 1. The van der Waals surface area contributed by atoms with E-state index in [0.717, 1.165) is 6.42 Å². The van der Waals surface area contributed by atoms with Crippen LogP contribution in [0.3, 0.4) is 0 Å². The summed E-state index contributed by atoms with van der Waals surface area (Å²) in [5.41, 5.74) is 4.46. The molecular weight excluding hydrogens is 274 g/mol. The zero-order chi connectivity index (χ0) is 15.6. The summed E-state index contributed by atoms with van der Waals surface area (Å²) in [4.78, 5) is 35.4. The Morgan fingerprint density at radius 3 is 2.71 bits per heavy atom. The first-order chi connectivity index (χ1) is 9.70. The second-order valence-electron chi connectivity index (χ2n) is 6.64. The molecule has 6 nitrogen and oxygen atoms in total. The predicted molar refractivity (Wildman–Crippen MR) is 71.4 cm³/mol. The van der Waals surface area contributed by atoms with Crippen LogP contribution in [0.25, 0.3) is 0 Å². The molecule has 21 heavy (non-hydrogen) atoms. The quantitative estimate of drug-likeness (QED) is 0.572. The lowest BCUT2D eigenvalue weighted by molar-refractivity contribution is -0.354. The number of allylic oxidation sites excluding steroid dienone is 1. The molecule has 3 saturated carbocycles. The molecule has 3 N–H and O–H groups in total. The van der Waals surface area contributed by atoms with E-state index in [9.17, 15) is 19.5 Å². The number of primary amides is 1. The topological polar surface area (TPSA) is 107 Å². The van der Waals surface area contributed by atoms with Gasteiger partial charge in [0.2, 0.25) is 11.7 Å². The van der Waals surface area contributed by atoms with Crippen molar-refractivity contribution in [1.82, 2.24) is 0 Å². The van der Waals surface area contributed by atoms with Crippen molar-refractivity contribution in [3.05, 3.63) is 11.6 Å². The number of carbonyl (C=O) groups is 3. The van der Waals surface area contributed by atoms with Crippen LogP contribution in [-0.2, 0) is 19.1 Å². The first-order valence-electron chi connectivity index (χ1n) is 7.17. The molecule has 1 amide bonds. The molecule has 0 aromatic heterocycles. The Labute approximate surface area is 122 Å². The highest BCUT2D eigenvalue weighted by Gasteiger charge is 2.75. The van der Waals surface area contributed by atoms with Crippen LogP contribution in [0.1, 0.15) is 33.1 Å². The Balaban J connectivity index is 1.86. The minimum Gasteiger partial charge on any atom is -0.433 e. The minimum absolute atomic E-state index is 0.0174. The number of ether oxygens (including phenoxy) is 1. The van der Waals surface area contributed by atoms with E-state index in [1.165, 1.54) is 13.0 Å². The van der Waals surface area contributed by atoms with E-state index in [4.69, 9.17) is 10.5 Å². The summed E-state index contributed by atoms with van der Waals surface area (Å²) in [6, 6.07) is 0. The molecule has 0 spiro atoms. The van der Waals surface area contributed by atoms with Gasteiger partial charge in [-0.25, -0.2) is 0 Å². The van der Waals surface area contributed by atoms with Crippen LogP contribution in [0, 0.1) is 23.2 Å². The Morgan fingerprint density at radius 2 is 2.19 bits per heavy atom. The average molecular weight is 293 g/mol. The van der Waals surface area contributed by atoms with Gasteiger partial charge in [0.15, 0.2) is 5.78 Å². The van der Waals surface area contributed by atoms with E-state index in [-0.39, 0.29) is 35.5 Å². The van der Waals surface area contributed by atoms with Crippen molar-refractivity contribution >= 4 is 17.7 Å². The minimum atomic E-state index is -1.37. The monoisotopic (exact) mass is 293 g/mol. The molecule has 0 aromatic rings. The van der Waals surface area contributed by atoms with Crippen molar-refractivity contribution in [3.63, 3.8) is 0 Å². The molecule has 5 aliphatic rings. The maximum absolute atomic E-state index is 12.3. The number of ketones is 1. The second-order valence-corrected chi connectivity index (χ2v) is 6.64. The Hall–Kier alpha value is -1.69. The van der Waals surface area contributed by atoms with E-state index in [2.05, 4.69) is 0 Å². The first kappa shape index (κ1) is 14.3. The fourth-order valence-corrected chi connectivity index (χ4v) is 4.35. The fourth-order valence-electron chi connectivity index (χ4n) is 4.35. The summed E-state index contributed by atoms with van der Waals surface area (Å²) < 4.78 is 5.19. The highest BCUT2D eigenvalue weighted by molar-refractivity contribution is 6.02. The maximum Gasteiger partial charge on any atom is 0.315 e. The van der Waals surface area contributed by atoms with Crippen molar-refractivity contribution in [2.45, 2.75) is 38.9 Å². The largest absolute Gasteiger partial charge is 0.433 e. The summed E-state index contributed by atoms with van der Waals surface area (Å²) in [7, 11) is 0. The third-order valence-electron chi connectivity index (χ3n) is 5.66. The lowest BCUT2D eigenvalue weighted by Crippen LogP contribution is -2.74. The molecule has 2 heterocycles. The lowest BCUT2D eigenvalue weighted by Gasteiger charge is -2.68. The van der Waals surface area contributed by atoms with Gasteiger partial charge in [-0.15, -0.1) is 0 Å². The maximum atomic E-state index is 12.3. The summed E-state index contributed by atoms with van der Waals surface area (Å²) >= 11 is 0. The third-order valence-corrected chi connectivity index (χ3v) is 5.66. The van der Waals surface area contributed by atoms with Crippen LogP contribution in [0.15, 0.2) is 11.6 Å². The number of amides is 1. The zero-order valence-corrected chi connectivity index (χ0v) is 12.1. The van der Waals surface area contributed by atoms with Crippen molar-refractivity contribution in [2.75, 3.05) is 0 Å². The van der Waals surface area contributed by atoms with E-state index in [1.807, 2.05) is 6.92 Å². The van der Waals surface area contributed by atoms with Crippen LogP contribution >= 0.6 is 0 Å². The van der Waals surface area contributed by atoms with Crippen molar-refractivity contribution < 1.29 is 24.2 Å². The van der Waals surface area contributed by atoms with Crippen molar-refractivity contribution in [1.29, 1.82) is 0 Å². The van der Waals surface area contributed by atoms with Crippen LogP contribution in [0.2, 0.25) is 0 Å². The first-order valence-corrected chi connectivity index (χ1v) is 7.17. The Kier molecular flexibility index (Phi) is 2.82. The number of carbonyl (C=O) groups excluding carboxylic acids is 3. The Morgan fingerprint density at radius 1 is 1.52 bits per heavy atom. The number of nitrogens with two attached hydrogens (primary N) is 1. The van der Waals surface area contributed by atoms with Gasteiger partial charge in [0.1, 0.15) is 0 Å². The van der Waals surface area contributed by atoms with E-state index < -0.39 is 23.1 Å². The highest BCUT2D eigenvalue weighted by atomic mass is 16.7. The average Bonchev–Trinajstić information content (AvgIpc) is 2.36. The second kappa shape index (κ2) is 4.16. The summed E-state index contributed by atoms with van der Waals surface area (Å²) in [6.45, 7) is 3.33. The number of hydrogen-bond donors (Lipinski definition) is 2. The molecule has 5 fully saturated rings. The summed E-state index contributed by atoms with van der Waals surface area (Å²) in [5, 5.41) is 10.3. The third kappa shape index (κ3) is 1.71. The van der Waals surface area contributed by atoms with Crippen LogP contribution in [0.5, 0.6) is 0 Å². The van der Waals surface area contributed by atoms with Gasteiger partial charge >= 0.3 is 5.97 Å². The van der Waals surface area contributed by atoms with Gasteiger partial charge in [-0.05, 0) is 31.3 Å². The Bertz CT molecular complexity index is 583. The molecule has 6 heteroatoms. The van der Waals surface area contributed by atoms with Gasteiger partial charge in [0, 0.05) is 24.3 Å². The SMILES string of the molecule is C/C(=C\C(=O)C[C@]12C(=O)O[C@]3(O)C[C@H]1C[C@H]2[C@@H]3C)C(N)=O. The van der Waals surface area contributed by atoms with E-state index in [1.54, 1.807) is 0 Å². The molecule has 0 radical (unpaired) electrons. The molecule has 114 valence electrons. The van der Waals surface area contributed by atoms with Gasteiger partial charge in [0.05, 0.1) is 5.41 Å². The molecule has 4 bridgehead atoms. The summed E-state index contributed by atoms with van der Waals surface area (Å²) in [6.07, 6.45) is 2.45. The number of fused-ring (bicyclic) bond motifs is 1. The molecule has 2 saturated heterocycles. The molecule has 0 unspecified atom stereocenters. The predicted octanol–water partition coefficient (Wildman–Crippen LogP) is 0.285. The molecule has 3 aliphatic carbocycles. The van der Waals surface area contributed by atoms with Gasteiger partial charge < -0.3 is 15.6 Å². The van der Waals surface area contributed by atoms with Gasteiger partial charge in [-0.3, -0.25) is 14.4 Å². The van der Waals surface area contributed by atoms with Gasteiger partial charge in [0.25, 0.3) is 0 Å². The number of rotatable bonds is 4. The molecule has 5 rings (SSSR count). The van der Waals surface area contributed by atoms with Crippen LogP contribution in [-0.4, -0.2) is 28.6 Å². The van der Waals surface area contributed by atoms with E-state index in [0.29, 0.717) is 6.42 Å². The molecule has 5 atom stereocenters. The lowest BCUT2D eigenvalue weighted by atomic mass is 9.40. The van der Waals surface area contributed by atoms with Gasteiger partial charge in [-0.2, -0.15) is 0 Å². The normalized spacial score (nSPS) is 44.0. The van der Waals surface area contributed by atoms with Gasteiger partial charge in [-0.1, -0.05) is 6.92 Å². The smallest absolute Gasteiger partial charge is 0.315 e. The number of hydrogen-bond acceptors (Lipinski definition) is 5. The van der Waals surface area contributed by atoms with Crippen LogP contribution < -0.4 is 5.73 Å². The standard InChI is InChI=1S/C15H19NO5/c1-7(12(16)18)3-10(17)6-14-9-4-11(14)8(2)15(20,5-9)21-13(14)19/h3,8-9,11,20H,4-6H2,1-2H3,(H2,16,18)/b7-3+/t8-,9+,11-,14-,15+/m0/s1.